The molecule has 2 amide bonds. The summed E-state index contributed by atoms with van der Waals surface area (Å²) < 4.78 is 5.46. The summed E-state index contributed by atoms with van der Waals surface area (Å²) in [6.45, 7) is 6.96. The highest BCUT2D eigenvalue weighted by Gasteiger charge is 2.24. The Hall–Kier alpha value is -3.11. The highest BCUT2D eigenvalue weighted by Crippen LogP contribution is 2.17. The van der Waals surface area contributed by atoms with Gasteiger partial charge in [-0.3, -0.25) is 14.5 Å². The first-order valence-electron chi connectivity index (χ1n) is 9.35. The number of hydrogen-bond donors (Lipinski definition) is 1. The molecular weight excluding hydrogens is 356 g/mol. The number of hydrogen-bond acceptors (Lipinski definition) is 5. The zero-order valence-electron chi connectivity index (χ0n) is 16.2. The van der Waals surface area contributed by atoms with E-state index in [1.807, 2.05) is 11.8 Å². The number of nitrogens with zero attached hydrogens (tertiary/aromatic N) is 3. The number of anilines is 1. The second kappa shape index (κ2) is 8.72. The van der Waals surface area contributed by atoms with Gasteiger partial charge in [-0.05, 0) is 32.0 Å². The maximum absolute atomic E-state index is 12.6. The van der Waals surface area contributed by atoms with Crippen LogP contribution in [0, 0.1) is 25.2 Å². The van der Waals surface area contributed by atoms with Gasteiger partial charge in [-0.25, -0.2) is 0 Å². The van der Waals surface area contributed by atoms with Gasteiger partial charge in [0.15, 0.2) is 0 Å². The van der Waals surface area contributed by atoms with Crippen LogP contribution in [-0.4, -0.2) is 54.3 Å². The monoisotopic (exact) mass is 380 g/mol. The molecule has 2 aromatic rings. The number of carbonyl (C=O) groups is 2. The van der Waals surface area contributed by atoms with Crippen LogP contribution in [0.4, 0.5) is 5.69 Å². The van der Waals surface area contributed by atoms with Gasteiger partial charge in [0.05, 0.1) is 16.8 Å². The number of nitrogens with one attached hydrogen (secondary N) is 1. The summed E-state index contributed by atoms with van der Waals surface area (Å²) in [7, 11) is 0. The van der Waals surface area contributed by atoms with Crippen LogP contribution < -0.4 is 5.32 Å². The third kappa shape index (κ3) is 4.59. The first-order valence-corrected chi connectivity index (χ1v) is 9.35. The molecule has 3 rings (SSSR count). The van der Waals surface area contributed by atoms with Gasteiger partial charge < -0.3 is 14.6 Å². The molecule has 1 fully saturated rings. The lowest BCUT2D eigenvalue weighted by Gasteiger charge is -2.34. The molecule has 0 bridgehead atoms. The minimum absolute atomic E-state index is 0.000136. The minimum atomic E-state index is -0.120. The Morgan fingerprint density at radius 1 is 1.18 bits per heavy atom. The maximum Gasteiger partial charge on any atom is 0.257 e. The van der Waals surface area contributed by atoms with Gasteiger partial charge in [-0.1, -0.05) is 12.1 Å². The third-order valence-electron chi connectivity index (χ3n) is 4.91. The molecule has 0 atom stereocenters. The number of aryl methyl sites for hydroxylation is 2. The molecule has 1 aliphatic heterocycles. The van der Waals surface area contributed by atoms with Crippen molar-refractivity contribution in [3.05, 3.63) is 53.0 Å². The molecule has 146 valence electrons. The summed E-state index contributed by atoms with van der Waals surface area (Å²) in [5, 5.41) is 11.9. The van der Waals surface area contributed by atoms with Crippen LogP contribution in [0.25, 0.3) is 0 Å². The summed E-state index contributed by atoms with van der Waals surface area (Å²) in [5.41, 5.74) is 1.62. The van der Waals surface area contributed by atoms with Crippen molar-refractivity contribution in [1.82, 2.24) is 9.80 Å². The number of rotatable bonds is 5. The van der Waals surface area contributed by atoms with Crippen LogP contribution >= 0.6 is 0 Å². The lowest BCUT2D eigenvalue weighted by molar-refractivity contribution is -0.116. The fourth-order valence-electron chi connectivity index (χ4n) is 3.35. The predicted octanol–water partition coefficient (Wildman–Crippen LogP) is 2.55. The van der Waals surface area contributed by atoms with Crippen molar-refractivity contribution in [2.24, 2.45) is 0 Å². The molecule has 0 radical (unpaired) electrons. The van der Waals surface area contributed by atoms with E-state index in [-0.39, 0.29) is 11.8 Å². The first-order chi connectivity index (χ1) is 13.5. The number of para-hydroxylation sites is 1. The Morgan fingerprint density at radius 3 is 2.54 bits per heavy atom. The lowest BCUT2D eigenvalue weighted by atomic mass is 10.2. The van der Waals surface area contributed by atoms with E-state index in [4.69, 9.17) is 9.68 Å². The third-order valence-corrected chi connectivity index (χ3v) is 4.91. The fraction of sp³-hybridized carbons (Fsp3) is 0.381. The van der Waals surface area contributed by atoms with Crippen molar-refractivity contribution < 1.29 is 14.0 Å². The average Bonchev–Trinajstić information content (AvgIpc) is 3.04. The van der Waals surface area contributed by atoms with Crippen LogP contribution in [0.2, 0.25) is 0 Å². The van der Waals surface area contributed by atoms with Gasteiger partial charge >= 0.3 is 0 Å². The van der Waals surface area contributed by atoms with Crippen molar-refractivity contribution in [1.29, 1.82) is 5.26 Å². The van der Waals surface area contributed by atoms with Gasteiger partial charge in [0.25, 0.3) is 5.91 Å². The number of carbonyl (C=O) groups excluding carboxylic acids is 2. The Balaban J connectivity index is 1.45. The zero-order valence-corrected chi connectivity index (χ0v) is 16.2. The molecule has 1 saturated heterocycles. The van der Waals surface area contributed by atoms with Crippen molar-refractivity contribution >= 4 is 17.5 Å². The van der Waals surface area contributed by atoms with E-state index in [1.165, 1.54) is 0 Å². The van der Waals surface area contributed by atoms with Crippen molar-refractivity contribution in [2.45, 2.75) is 20.3 Å². The fourth-order valence-corrected chi connectivity index (χ4v) is 3.35. The van der Waals surface area contributed by atoms with Crippen molar-refractivity contribution in [2.75, 3.05) is 38.0 Å². The number of nitriles is 1. The molecule has 0 saturated carbocycles. The summed E-state index contributed by atoms with van der Waals surface area (Å²) >= 11 is 0. The zero-order chi connectivity index (χ0) is 20.1. The van der Waals surface area contributed by atoms with Crippen molar-refractivity contribution in [3.8, 4) is 6.07 Å². The highest BCUT2D eigenvalue weighted by molar-refractivity contribution is 5.95. The van der Waals surface area contributed by atoms with Gasteiger partial charge in [-0.15, -0.1) is 0 Å². The standard InChI is InChI=1S/C21H24N4O3/c1-15-13-18(16(2)28-15)21(27)25-11-9-24(10-12-25)8-7-20(26)23-19-6-4-3-5-17(19)14-22/h3-6,13H,7-12H2,1-2H3,(H,23,26). The van der Waals surface area contributed by atoms with Crippen LogP contribution in [0.1, 0.15) is 33.9 Å². The molecule has 1 aromatic carbocycles. The van der Waals surface area contributed by atoms with E-state index in [0.29, 0.717) is 48.6 Å². The van der Waals surface area contributed by atoms with Crippen LogP contribution in [-0.2, 0) is 4.79 Å². The van der Waals surface area contributed by atoms with Gasteiger partial charge in [0, 0.05) is 39.1 Å². The van der Waals surface area contributed by atoms with E-state index >= 15 is 0 Å². The normalized spacial score (nSPS) is 14.5. The topological polar surface area (TPSA) is 89.6 Å². The maximum atomic E-state index is 12.6. The molecule has 7 nitrogen and oxygen atoms in total. The van der Waals surface area contributed by atoms with Crippen molar-refractivity contribution in [3.63, 3.8) is 0 Å². The second-order valence-electron chi connectivity index (χ2n) is 6.92. The minimum Gasteiger partial charge on any atom is -0.466 e. The molecule has 2 heterocycles. The van der Waals surface area contributed by atoms with E-state index in [9.17, 15) is 9.59 Å². The molecular formula is C21H24N4O3. The molecule has 1 N–H and O–H groups in total. The van der Waals surface area contributed by atoms with Crippen LogP contribution in [0.5, 0.6) is 0 Å². The summed E-state index contributed by atoms with van der Waals surface area (Å²) in [5.74, 6) is 1.27. The SMILES string of the molecule is Cc1cc(C(=O)N2CCN(CCC(=O)Nc3ccccc3C#N)CC2)c(C)o1. The summed E-state index contributed by atoms with van der Waals surface area (Å²) in [6.07, 6.45) is 0.341. The van der Waals surface area contributed by atoms with Gasteiger partial charge in [-0.2, -0.15) is 5.26 Å². The molecule has 1 aromatic heterocycles. The molecule has 1 aliphatic rings. The molecule has 0 spiro atoms. The van der Waals surface area contributed by atoms with E-state index in [1.54, 1.807) is 37.3 Å². The van der Waals surface area contributed by atoms with Gasteiger partial charge in [0.2, 0.25) is 5.91 Å². The first kappa shape index (κ1) is 19.6. The Labute approximate surface area is 164 Å². The number of furan rings is 1. The van der Waals surface area contributed by atoms with Gasteiger partial charge in [0.1, 0.15) is 17.6 Å². The van der Waals surface area contributed by atoms with Crippen LogP contribution in [0.3, 0.4) is 0 Å². The summed E-state index contributed by atoms with van der Waals surface area (Å²) in [4.78, 5) is 28.8. The Bertz CT molecular complexity index is 905. The molecule has 0 aliphatic carbocycles. The van der Waals surface area contributed by atoms with E-state index in [0.717, 1.165) is 18.8 Å². The second-order valence-corrected chi connectivity index (χ2v) is 6.92. The lowest BCUT2D eigenvalue weighted by Crippen LogP contribution is -2.49. The quantitative estimate of drug-likeness (QED) is 0.861. The number of benzene rings is 1. The Kier molecular flexibility index (Phi) is 6.12. The summed E-state index contributed by atoms with van der Waals surface area (Å²) in [6, 6.07) is 10.8. The smallest absolute Gasteiger partial charge is 0.257 e. The largest absolute Gasteiger partial charge is 0.466 e. The average molecular weight is 380 g/mol. The number of amides is 2. The van der Waals surface area contributed by atoms with Crippen LogP contribution in [0.15, 0.2) is 34.7 Å². The molecule has 0 unspecified atom stereocenters. The van der Waals surface area contributed by atoms with E-state index in [2.05, 4.69) is 16.3 Å². The molecule has 7 heteroatoms. The van der Waals surface area contributed by atoms with E-state index < -0.39 is 0 Å². The highest BCUT2D eigenvalue weighted by atomic mass is 16.3. The Morgan fingerprint density at radius 2 is 1.89 bits per heavy atom. The number of piperazine rings is 1. The predicted molar refractivity (Wildman–Crippen MR) is 105 cm³/mol. The molecule has 28 heavy (non-hydrogen) atoms.